The Bertz CT molecular complexity index is 1280. The average molecular weight is 458 g/mol. The molecule has 3 aromatic carbocycles. The number of urea groups is 1. The van der Waals surface area contributed by atoms with Crippen molar-refractivity contribution in [3.63, 3.8) is 0 Å². The van der Waals surface area contributed by atoms with E-state index < -0.39 is 29.3 Å². The molecule has 172 valence electrons. The maximum atomic E-state index is 13.0. The van der Waals surface area contributed by atoms with E-state index >= 15 is 0 Å². The fraction of sp³-hybridized carbons (Fsp3) is 0.120. The molecule has 1 atom stereocenters. The summed E-state index contributed by atoms with van der Waals surface area (Å²) in [6, 6.07) is 21.1. The molecular formula is C25H22N4O5. The summed E-state index contributed by atoms with van der Waals surface area (Å²) in [4.78, 5) is 49.8. The molecule has 0 spiro atoms. The first kappa shape index (κ1) is 22.5. The van der Waals surface area contributed by atoms with Gasteiger partial charge < -0.3 is 15.8 Å². The number of amides is 5. The number of hydrazine groups is 1. The van der Waals surface area contributed by atoms with E-state index in [4.69, 9.17) is 10.5 Å². The maximum Gasteiger partial charge on any atom is 0.344 e. The molecule has 0 bridgehead atoms. The molecule has 5 amide bonds. The Labute approximate surface area is 195 Å². The molecule has 1 unspecified atom stereocenters. The maximum absolute atomic E-state index is 13.0. The van der Waals surface area contributed by atoms with Crippen LogP contribution in [-0.2, 0) is 16.9 Å². The molecule has 0 aliphatic carbocycles. The minimum Gasteiger partial charge on any atom is -0.488 e. The highest BCUT2D eigenvalue weighted by Gasteiger charge is 2.50. The number of primary amides is 1. The SMILES string of the molecule is CC1(c2ccccc2)NC(=O)N(NC(=O)c2cccc(COc3ccccc3C(N)=O)c2)C1=O. The summed E-state index contributed by atoms with van der Waals surface area (Å²) in [6.07, 6.45) is 0. The highest BCUT2D eigenvalue weighted by molar-refractivity contribution is 6.09. The average Bonchev–Trinajstić information content (AvgIpc) is 3.07. The second-order valence-corrected chi connectivity index (χ2v) is 7.85. The van der Waals surface area contributed by atoms with Crippen LogP contribution in [0.3, 0.4) is 0 Å². The van der Waals surface area contributed by atoms with Crippen LogP contribution >= 0.6 is 0 Å². The summed E-state index contributed by atoms with van der Waals surface area (Å²) in [6.45, 7) is 1.65. The summed E-state index contributed by atoms with van der Waals surface area (Å²) in [5, 5.41) is 3.31. The smallest absolute Gasteiger partial charge is 0.344 e. The van der Waals surface area contributed by atoms with Gasteiger partial charge in [-0.2, -0.15) is 5.01 Å². The zero-order chi connectivity index (χ0) is 24.3. The van der Waals surface area contributed by atoms with Crippen LogP contribution in [0, 0.1) is 0 Å². The zero-order valence-electron chi connectivity index (χ0n) is 18.3. The number of para-hydroxylation sites is 1. The van der Waals surface area contributed by atoms with Gasteiger partial charge in [-0.3, -0.25) is 19.8 Å². The predicted molar refractivity (Wildman–Crippen MR) is 122 cm³/mol. The molecule has 0 radical (unpaired) electrons. The number of benzene rings is 3. The first-order valence-corrected chi connectivity index (χ1v) is 10.4. The zero-order valence-corrected chi connectivity index (χ0v) is 18.3. The third-order valence-corrected chi connectivity index (χ3v) is 5.49. The van der Waals surface area contributed by atoms with E-state index in [1.165, 1.54) is 0 Å². The minimum absolute atomic E-state index is 0.0701. The van der Waals surface area contributed by atoms with E-state index in [1.807, 2.05) is 0 Å². The normalized spacial score (nSPS) is 17.3. The number of nitrogens with zero attached hydrogens (tertiary/aromatic N) is 1. The Morgan fingerprint density at radius 3 is 2.44 bits per heavy atom. The number of hydrogen-bond donors (Lipinski definition) is 3. The van der Waals surface area contributed by atoms with Gasteiger partial charge in [0.2, 0.25) is 0 Å². The Kier molecular flexibility index (Phi) is 6.01. The van der Waals surface area contributed by atoms with Crippen molar-refractivity contribution in [3.05, 3.63) is 101 Å². The number of imide groups is 1. The molecule has 4 N–H and O–H groups in total. The highest BCUT2D eigenvalue weighted by atomic mass is 16.5. The van der Waals surface area contributed by atoms with Crippen molar-refractivity contribution in [2.24, 2.45) is 5.73 Å². The largest absolute Gasteiger partial charge is 0.488 e. The van der Waals surface area contributed by atoms with Crippen LogP contribution < -0.4 is 21.2 Å². The van der Waals surface area contributed by atoms with Crippen LogP contribution in [0.5, 0.6) is 5.75 Å². The van der Waals surface area contributed by atoms with Crippen molar-refractivity contribution in [2.75, 3.05) is 0 Å². The number of nitrogens with two attached hydrogens (primary N) is 1. The highest BCUT2D eigenvalue weighted by Crippen LogP contribution is 2.27. The van der Waals surface area contributed by atoms with E-state index in [-0.39, 0.29) is 17.7 Å². The molecule has 1 heterocycles. The molecule has 0 aromatic heterocycles. The van der Waals surface area contributed by atoms with Gasteiger partial charge in [0.25, 0.3) is 17.7 Å². The van der Waals surface area contributed by atoms with Crippen molar-refractivity contribution in [2.45, 2.75) is 19.1 Å². The van der Waals surface area contributed by atoms with Gasteiger partial charge >= 0.3 is 6.03 Å². The van der Waals surface area contributed by atoms with Gasteiger partial charge in [-0.15, -0.1) is 0 Å². The molecule has 0 saturated carbocycles. The fourth-order valence-corrected chi connectivity index (χ4v) is 3.63. The second-order valence-electron chi connectivity index (χ2n) is 7.85. The van der Waals surface area contributed by atoms with Crippen molar-refractivity contribution in [1.82, 2.24) is 15.8 Å². The minimum atomic E-state index is -1.30. The molecule has 1 fully saturated rings. The molecular weight excluding hydrogens is 436 g/mol. The Hall–Kier alpha value is -4.66. The van der Waals surface area contributed by atoms with Gasteiger partial charge in [0.15, 0.2) is 0 Å². The molecule has 1 aliphatic heterocycles. The third kappa shape index (κ3) is 4.31. The number of hydrogen-bond acceptors (Lipinski definition) is 5. The summed E-state index contributed by atoms with van der Waals surface area (Å²) >= 11 is 0. The number of rotatable bonds is 7. The van der Waals surface area contributed by atoms with Gasteiger partial charge in [-0.1, -0.05) is 54.6 Å². The van der Waals surface area contributed by atoms with E-state index in [0.717, 1.165) is 0 Å². The van der Waals surface area contributed by atoms with Gasteiger partial charge in [-0.25, -0.2) is 4.79 Å². The summed E-state index contributed by atoms with van der Waals surface area (Å²) in [7, 11) is 0. The summed E-state index contributed by atoms with van der Waals surface area (Å²) in [5.74, 6) is -1.52. The Morgan fingerprint density at radius 1 is 1.00 bits per heavy atom. The monoisotopic (exact) mass is 458 g/mol. The van der Waals surface area contributed by atoms with Gasteiger partial charge in [0.1, 0.15) is 17.9 Å². The number of ether oxygens (including phenoxy) is 1. The lowest BCUT2D eigenvalue weighted by molar-refractivity contribution is -0.132. The Balaban J connectivity index is 1.46. The van der Waals surface area contributed by atoms with Crippen LogP contribution in [0.1, 0.15) is 38.8 Å². The molecule has 4 rings (SSSR count). The second kappa shape index (κ2) is 9.07. The number of carbonyl (C=O) groups excluding carboxylic acids is 4. The van der Waals surface area contributed by atoms with E-state index in [9.17, 15) is 19.2 Å². The number of nitrogens with one attached hydrogen (secondary N) is 2. The van der Waals surface area contributed by atoms with Crippen LogP contribution in [-0.4, -0.2) is 28.8 Å². The van der Waals surface area contributed by atoms with Crippen molar-refractivity contribution in [1.29, 1.82) is 0 Å². The van der Waals surface area contributed by atoms with Gasteiger partial charge in [0.05, 0.1) is 5.56 Å². The summed E-state index contributed by atoms with van der Waals surface area (Å²) < 4.78 is 5.70. The number of carbonyl (C=O) groups is 4. The van der Waals surface area contributed by atoms with Crippen LogP contribution in [0.4, 0.5) is 4.79 Å². The molecule has 1 saturated heterocycles. The first-order chi connectivity index (χ1) is 16.3. The van der Waals surface area contributed by atoms with Crippen molar-refractivity contribution < 1.29 is 23.9 Å². The lowest BCUT2D eigenvalue weighted by atomic mass is 9.92. The quantitative estimate of drug-likeness (QED) is 0.468. The fourth-order valence-electron chi connectivity index (χ4n) is 3.63. The molecule has 34 heavy (non-hydrogen) atoms. The van der Waals surface area contributed by atoms with Crippen LogP contribution in [0.15, 0.2) is 78.9 Å². The predicted octanol–water partition coefficient (Wildman–Crippen LogP) is 2.48. The first-order valence-electron chi connectivity index (χ1n) is 10.4. The lowest BCUT2D eigenvalue weighted by Crippen LogP contribution is -2.47. The standard InChI is InChI=1S/C25H22N4O5/c1-25(18-10-3-2-4-11-18)23(32)29(24(33)27-25)28-22(31)17-9-7-8-16(14-17)15-34-20-13-6-5-12-19(20)21(26)30/h2-14H,15H2,1H3,(H2,26,30)(H,27,33)(H,28,31). The van der Waals surface area contributed by atoms with E-state index in [2.05, 4.69) is 10.7 Å². The molecule has 9 nitrogen and oxygen atoms in total. The van der Waals surface area contributed by atoms with Crippen molar-refractivity contribution >= 4 is 23.8 Å². The van der Waals surface area contributed by atoms with E-state index in [1.54, 1.807) is 85.8 Å². The van der Waals surface area contributed by atoms with E-state index in [0.29, 0.717) is 21.9 Å². The van der Waals surface area contributed by atoms with Crippen LogP contribution in [0.25, 0.3) is 0 Å². The van der Waals surface area contributed by atoms with Gasteiger partial charge in [-0.05, 0) is 42.3 Å². The summed E-state index contributed by atoms with van der Waals surface area (Å²) in [5.41, 5.74) is 8.15. The molecule has 1 aliphatic rings. The third-order valence-electron chi connectivity index (χ3n) is 5.49. The topological polar surface area (TPSA) is 131 Å². The van der Waals surface area contributed by atoms with Crippen LogP contribution in [0.2, 0.25) is 0 Å². The van der Waals surface area contributed by atoms with Crippen molar-refractivity contribution in [3.8, 4) is 5.75 Å². The van der Waals surface area contributed by atoms with Gasteiger partial charge in [0, 0.05) is 5.56 Å². The Morgan fingerprint density at radius 2 is 1.71 bits per heavy atom. The molecule has 9 heteroatoms. The lowest BCUT2D eigenvalue weighted by Gasteiger charge is -2.22. The molecule has 3 aromatic rings.